The highest BCUT2D eigenvalue weighted by atomic mass is 16.1. The lowest BCUT2D eigenvalue weighted by Gasteiger charge is -2.04. The third kappa shape index (κ3) is 2.54. The highest BCUT2D eigenvalue weighted by Gasteiger charge is 2.08. The Bertz CT molecular complexity index is 570. The molecule has 0 saturated carbocycles. The zero-order valence-corrected chi connectivity index (χ0v) is 9.65. The fourth-order valence-electron chi connectivity index (χ4n) is 1.95. The number of carbonyl (C=O) groups excluding carboxylic acids is 1. The van der Waals surface area contributed by atoms with Gasteiger partial charge in [-0.3, -0.25) is 4.79 Å². The summed E-state index contributed by atoms with van der Waals surface area (Å²) in [5.74, 6) is 2.74. The van der Waals surface area contributed by atoms with Crippen LogP contribution in [0.1, 0.15) is 29.6 Å². The molecular weight excluding hydrogens is 208 g/mol. The van der Waals surface area contributed by atoms with Gasteiger partial charge < -0.3 is 0 Å². The first-order chi connectivity index (χ1) is 8.33. The van der Waals surface area contributed by atoms with Crippen LogP contribution >= 0.6 is 0 Å². The molecule has 1 nitrogen and oxygen atoms in total. The number of terminal acetylenes is 1. The summed E-state index contributed by atoms with van der Waals surface area (Å²) in [5.41, 5.74) is 0.806. The van der Waals surface area contributed by atoms with E-state index in [2.05, 4.69) is 5.92 Å². The summed E-state index contributed by atoms with van der Waals surface area (Å²) < 4.78 is 0. The predicted octanol–water partition coefficient (Wildman–Crippen LogP) is 3.83. The Morgan fingerprint density at radius 3 is 2.71 bits per heavy atom. The van der Waals surface area contributed by atoms with Crippen molar-refractivity contribution in [3.05, 3.63) is 48.0 Å². The highest BCUT2D eigenvalue weighted by Crippen LogP contribution is 2.20. The van der Waals surface area contributed by atoms with Crippen LogP contribution in [0.25, 0.3) is 10.8 Å². The lowest BCUT2D eigenvalue weighted by molar-refractivity contribution is 0.0982. The van der Waals surface area contributed by atoms with Crippen LogP contribution in [0.4, 0.5) is 0 Å². The average molecular weight is 222 g/mol. The molecule has 0 heterocycles. The Balaban J connectivity index is 2.29. The van der Waals surface area contributed by atoms with Crippen molar-refractivity contribution in [2.45, 2.75) is 19.3 Å². The Labute approximate surface area is 101 Å². The van der Waals surface area contributed by atoms with Gasteiger partial charge in [-0.1, -0.05) is 42.5 Å². The Morgan fingerprint density at radius 1 is 1.12 bits per heavy atom. The molecule has 0 amide bonds. The van der Waals surface area contributed by atoms with E-state index in [-0.39, 0.29) is 5.78 Å². The molecule has 0 unspecified atom stereocenters. The number of rotatable bonds is 4. The van der Waals surface area contributed by atoms with E-state index in [1.165, 1.54) is 0 Å². The lowest BCUT2D eigenvalue weighted by Crippen LogP contribution is -1.99. The van der Waals surface area contributed by atoms with Crippen LogP contribution in [-0.2, 0) is 0 Å². The summed E-state index contributed by atoms with van der Waals surface area (Å²) in [6.45, 7) is 0. The molecule has 0 aliphatic rings. The molecule has 0 saturated heterocycles. The maximum absolute atomic E-state index is 12.1. The first-order valence-electron chi connectivity index (χ1n) is 5.77. The molecule has 0 aliphatic heterocycles. The Hall–Kier alpha value is -2.07. The van der Waals surface area contributed by atoms with Crippen LogP contribution in [-0.4, -0.2) is 5.78 Å². The molecule has 2 rings (SSSR count). The smallest absolute Gasteiger partial charge is 0.163 e. The van der Waals surface area contributed by atoms with Crippen molar-refractivity contribution in [3.8, 4) is 12.3 Å². The number of unbranched alkanes of at least 4 members (excludes halogenated alkanes) is 1. The van der Waals surface area contributed by atoms with Gasteiger partial charge in [-0.05, 0) is 17.2 Å². The summed E-state index contributed by atoms with van der Waals surface area (Å²) >= 11 is 0. The standard InChI is InChI=1S/C16H14O/c1-2-3-4-12-16(17)15-11-7-9-13-8-5-6-10-14(13)15/h1,5-11H,3-4,12H2. The molecule has 0 spiro atoms. The number of fused-ring (bicyclic) bond motifs is 1. The van der Waals surface area contributed by atoms with Crippen LogP contribution in [0.15, 0.2) is 42.5 Å². The quantitative estimate of drug-likeness (QED) is 0.436. The zero-order valence-electron chi connectivity index (χ0n) is 9.65. The molecule has 0 bridgehead atoms. The van der Waals surface area contributed by atoms with Crippen molar-refractivity contribution in [1.29, 1.82) is 0 Å². The molecule has 0 atom stereocenters. The van der Waals surface area contributed by atoms with Gasteiger partial charge in [-0.2, -0.15) is 0 Å². The maximum Gasteiger partial charge on any atom is 0.163 e. The van der Waals surface area contributed by atoms with E-state index in [9.17, 15) is 4.79 Å². The van der Waals surface area contributed by atoms with Crippen molar-refractivity contribution in [1.82, 2.24) is 0 Å². The Morgan fingerprint density at radius 2 is 1.88 bits per heavy atom. The molecular formula is C16H14O. The number of benzene rings is 2. The van der Waals surface area contributed by atoms with E-state index in [1.54, 1.807) is 0 Å². The molecule has 17 heavy (non-hydrogen) atoms. The fraction of sp³-hybridized carbons (Fsp3) is 0.188. The molecule has 2 aromatic carbocycles. The van der Waals surface area contributed by atoms with Gasteiger partial charge in [0.15, 0.2) is 5.78 Å². The predicted molar refractivity (Wildman–Crippen MR) is 71.0 cm³/mol. The van der Waals surface area contributed by atoms with Crippen LogP contribution in [0.3, 0.4) is 0 Å². The summed E-state index contributed by atoms with van der Waals surface area (Å²) in [6, 6.07) is 13.8. The minimum Gasteiger partial charge on any atom is -0.294 e. The number of hydrogen-bond acceptors (Lipinski definition) is 1. The van der Waals surface area contributed by atoms with Crippen molar-refractivity contribution in [3.63, 3.8) is 0 Å². The lowest BCUT2D eigenvalue weighted by atomic mass is 9.99. The molecule has 0 radical (unpaired) electrons. The molecule has 2 aromatic rings. The van der Waals surface area contributed by atoms with Gasteiger partial charge >= 0.3 is 0 Å². The topological polar surface area (TPSA) is 17.1 Å². The van der Waals surface area contributed by atoms with Gasteiger partial charge in [0.25, 0.3) is 0 Å². The fourth-order valence-corrected chi connectivity index (χ4v) is 1.95. The largest absolute Gasteiger partial charge is 0.294 e. The van der Waals surface area contributed by atoms with E-state index in [0.717, 1.165) is 22.8 Å². The molecule has 0 aromatic heterocycles. The Kier molecular flexibility index (Phi) is 3.57. The van der Waals surface area contributed by atoms with Crippen LogP contribution in [0, 0.1) is 12.3 Å². The maximum atomic E-state index is 12.1. The van der Waals surface area contributed by atoms with Crippen molar-refractivity contribution >= 4 is 16.6 Å². The summed E-state index contributed by atoms with van der Waals surface area (Å²) in [7, 11) is 0. The normalized spacial score (nSPS) is 10.1. The third-order valence-electron chi connectivity index (χ3n) is 2.81. The second kappa shape index (κ2) is 5.32. The molecule has 84 valence electrons. The summed E-state index contributed by atoms with van der Waals surface area (Å²) in [5, 5.41) is 2.14. The number of hydrogen-bond donors (Lipinski definition) is 0. The zero-order chi connectivity index (χ0) is 12.1. The van der Waals surface area contributed by atoms with Gasteiger partial charge in [-0.15, -0.1) is 12.3 Å². The highest BCUT2D eigenvalue weighted by molar-refractivity contribution is 6.08. The van der Waals surface area contributed by atoms with Gasteiger partial charge in [-0.25, -0.2) is 0 Å². The minimum absolute atomic E-state index is 0.178. The number of Topliss-reactive ketones (excluding diaryl/α,β-unsaturated/α-hetero) is 1. The third-order valence-corrected chi connectivity index (χ3v) is 2.81. The van der Waals surface area contributed by atoms with Crippen molar-refractivity contribution < 1.29 is 4.79 Å². The van der Waals surface area contributed by atoms with Crippen molar-refractivity contribution in [2.24, 2.45) is 0 Å². The molecule has 0 fully saturated rings. The van der Waals surface area contributed by atoms with E-state index in [1.807, 2.05) is 42.5 Å². The van der Waals surface area contributed by atoms with Gasteiger partial charge in [0, 0.05) is 18.4 Å². The molecule has 0 aliphatic carbocycles. The SMILES string of the molecule is C#CCCCC(=O)c1cccc2ccccc12. The summed E-state index contributed by atoms with van der Waals surface area (Å²) in [6.07, 6.45) is 7.13. The minimum atomic E-state index is 0.178. The number of ketones is 1. The summed E-state index contributed by atoms with van der Waals surface area (Å²) in [4.78, 5) is 12.1. The molecule has 1 heteroatoms. The van der Waals surface area contributed by atoms with Crippen LogP contribution < -0.4 is 0 Å². The van der Waals surface area contributed by atoms with E-state index >= 15 is 0 Å². The van der Waals surface area contributed by atoms with E-state index < -0.39 is 0 Å². The van der Waals surface area contributed by atoms with Gasteiger partial charge in [0.1, 0.15) is 0 Å². The first-order valence-corrected chi connectivity index (χ1v) is 5.77. The van der Waals surface area contributed by atoms with Crippen LogP contribution in [0.2, 0.25) is 0 Å². The average Bonchev–Trinajstić information content (AvgIpc) is 2.38. The first kappa shape index (κ1) is 11.4. The van der Waals surface area contributed by atoms with Crippen LogP contribution in [0.5, 0.6) is 0 Å². The monoisotopic (exact) mass is 222 g/mol. The van der Waals surface area contributed by atoms with E-state index in [0.29, 0.717) is 12.8 Å². The number of carbonyl (C=O) groups is 1. The van der Waals surface area contributed by atoms with Gasteiger partial charge in [0.05, 0.1) is 0 Å². The van der Waals surface area contributed by atoms with Gasteiger partial charge in [0.2, 0.25) is 0 Å². The van der Waals surface area contributed by atoms with Crippen molar-refractivity contribution in [2.75, 3.05) is 0 Å². The second-order valence-corrected chi connectivity index (χ2v) is 4.01. The second-order valence-electron chi connectivity index (χ2n) is 4.01. The molecule has 0 N–H and O–H groups in total. The van der Waals surface area contributed by atoms with E-state index in [4.69, 9.17) is 6.42 Å².